The molecule has 1 aliphatic rings. The quantitative estimate of drug-likeness (QED) is 0.600. The summed E-state index contributed by atoms with van der Waals surface area (Å²) in [4.78, 5) is 14.9. The number of benzene rings is 1. The van der Waals surface area contributed by atoms with Crippen molar-refractivity contribution in [3.05, 3.63) is 47.2 Å². The van der Waals surface area contributed by atoms with E-state index in [1.807, 2.05) is 24.0 Å². The van der Waals surface area contributed by atoms with Gasteiger partial charge in [-0.2, -0.15) is 0 Å². The fourth-order valence-corrected chi connectivity index (χ4v) is 3.32. The number of aromatic nitrogens is 2. The summed E-state index contributed by atoms with van der Waals surface area (Å²) in [7, 11) is 1.95. The highest BCUT2D eigenvalue weighted by Gasteiger charge is 2.25. The van der Waals surface area contributed by atoms with E-state index in [4.69, 9.17) is 12.2 Å². The van der Waals surface area contributed by atoms with Crippen molar-refractivity contribution in [1.82, 2.24) is 9.13 Å². The van der Waals surface area contributed by atoms with Gasteiger partial charge in [0.25, 0.3) is 5.91 Å². The second kappa shape index (κ2) is 7.90. The Bertz CT molecular complexity index is 777. The summed E-state index contributed by atoms with van der Waals surface area (Å²) in [6.07, 6.45) is 3.99. The van der Waals surface area contributed by atoms with E-state index in [-0.39, 0.29) is 11.7 Å². The van der Waals surface area contributed by atoms with Crippen molar-refractivity contribution in [3.63, 3.8) is 0 Å². The number of carbonyl (C=O) groups excluding carboxylic acids is 1. The Kier molecular flexibility index (Phi) is 5.62. The highest BCUT2D eigenvalue weighted by atomic mass is 32.1. The molecule has 6 nitrogen and oxygen atoms in total. The first-order chi connectivity index (χ1) is 12.0. The van der Waals surface area contributed by atoms with Gasteiger partial charge in [0.05, 0.1) is 0 Å². The van der Waals surface area contributed by atoms with Crippen molar-refractivity contribution in [2.24, 2.45) is 7.05 Å². The van der Waals surface area contributed by atoms with Gasteiger partial charge >= 0.3 is 0 Å². The summed E-state index contributed by atoms with van der Waals surface area (Å²) in [5.74, 6) is -0.336. The van der Waals surface area contributed by atoms with Crippen molar-refractivity contribution >= 4 is 23.8 Å². The minimum atomic E-state index is -0.304. The zero-order chi connectivity index (χ0) is 17.8. The summed E-state index contributed by atoms with van der Waals surface area (Å²) in [5.41, 5.74) is 0.633. The smallest absolute Gasteiger partial charge is 0.279 e. The molecule has 3 N–H and O–H groups in total. The Labute approximate surface area is 151 Å². The minimum Gasteiger partial charge on any atom is -0.327 e. The van der Waals surface area contributed by atoms with E-state index in [9.17, 15) is 9.18 Å². The highest BCUT2D eigenvalue weighted by molar-refractivity contribution is 7.71. The molecule has 2 aromatic rings. The standard InChI is InChI=1S/C17H22FN5OS/c1-20-6-11-23(17(20)25)13-22-9-7-21(8-10-22)12-16(24)19-15-4-2-14(18)3-5-15/h2-6,11H,7-10,12-13H2,1H3,(H,19,24)/p+2. The normalized spacial score (nSPS) is 20.4. The number of quaternary nitrogens is 2. The maximum Gasteiger partial charge on any atom is 0.279 e. The monoisotopic (exact) mass is 365 g/mol. The van der Waals surface area contributed by atoms with E-state index in [1.165, 1.54) is 21.9 Å². The number of rotatable bonds is 5. The first-order valence-electron chi connectivity index (χ1n) is 8.45. The van der Waals surface area contributed by atoms with Crippen LogP contribution in [0.15, 0.2) is 36.7 Å². The molecule has 0 aliphatic carbocycles. The number of hydrogen-bond donors (Lipinski definition) is 3. The Hall–Kier alpha value is -2.03. The van der Waals surface area contributed by atoms with Gasteiger partial charge < -0.3 is 19.7 Å². The Morgan fingerprint density at radius 1 is 1.16 bits per heavy atom. The van der Waals surface area contributed by atoms with Crippen LogP contribution in [0.5, 0.6) is 0 Å². The second-order valence-corrected chi connectivity index (χ2v) is 6.92. The topological polar surface area (TPSA) is 47.8 Å². The average Bonchev–Trinajstić information content (AvgIpc) is 2.91. The number of imidazole rings is 1. The van der Waals surface area contributed by atoms with Crippen LogP contribution in [0.25, 0.3) is 0 Å². The van der Waals surface area contributed by atoms with E-state index < -0.39 is 0 Å². The van der Waals surface area contributed by atoms with Gasteiger partial charge in [-0.3, -0.25) is 9.36 Å². The summed E-state index contributed by atoms with van der Waals surface area (Å²) in [6.45, 7) is 5.23. The molecular formula is C17H24FN5OS+2. The van der Waals surface area contributed by atoms with E-state index in [1.54, 1.807) is 12.1 Å². The molecule has 1 fully saturated rings. The summed E-state index contributed by atoms with van der Waals surface area (Å²) >= 11 is 5.38. The highest BCUT2D eigenvalue weighted by Crippen LogP contribution is 2.07. The number of anilines is 1. The number of nitrogens with zero attached hydrogens (tertiary/aromatic N) is 2. The molecule has 0 radical (unpaired) electrons. The second-order valence-electron chi connectivity index (χ2n) is 6.55. The van der Waals surface area contributed by atoms with E-state index in [0.29, 0.717) is 12.2 Å². The lowest BCUT2D eigenvalue weighted by atomic mass is 10.3. The lowest BCUT2D eigenvalue weighted by molar-refractivity contribution is -1.02. The van der Waals surface area contributed by atoms with Crippen LogP contribution in [0.1, 0.15) is 0 Å². The molecule has 0 unspecified atom stereocenters. The van der Waals surface area contributed by atoms with Gasteiger partial charge in [-0.25, -0.2) is 4.39 Å². The molecule has 1 aromatic heterocycles. The van der Waals surface area contributed by atoms with Gasteiger partial charge in [-0.05, 0) is 36.5 Å². The molecule has 1 saturated heterocycles. The van der Waals surface area contributed by atoms with Crippen molar-refractivity contribution in [1.29, 1.82) is 0 Å². The SMILES string of the molecule is Cn1ccn(C[NH+]2CC[NH+](CC(=O)Nc3ccc(F)cc3)CC2)c1=S. The van der Waals surface area contributed by atoms with Crippen molar-refractivity contribution in [2.45, 2.75) is 6.67 Å². The lowest BCUT2D eigenvalue weighted by Crippen LogP contribution is -3.28. The largest absolute Gasteiger partial charge is 0.327 e. The van der Waals surface area contributed by atoms with Crippen LogP contribution in [0.4, 0.5) is 10.1 Å². The molecule has 1 amide bonds. The van der Waals surface area contributed by atoms with Crippen LogP contribution >= 0.6 is 12.2 Å². The van der Waals surface area contributed by atoms with E-state index in [2.05, 4.69) is 9.88 Å². The molecule has 0 bridgehead atoms. The number of aryl methyl sites for hydroxylation is 1. The van der Waals surface area contributed by atoms with E-state index >= 15 is 0 Å². The van der Waals surface area contributed by atoms with Crippen LogP contribution in [0.3, 0.4) is 0 Å². The van der Waals surface area contributed by atoms with Crippen molar-refractivity contribution < 1.29 is 19.0 Å². The predicted molar refractivity (Wildman–Crippen MR) is 95.5 cm³/mol. The Morgan fingerprint density at radius 3 is 2.40 bits per heavy atom. The maximum atomic E-state index is 12.9. The molecule has 134 valence electrons. The summed E-state index contributed by atoms with van der Waals surface area (Å²) in [6, 6.07) is 5.85. The summed E-state index contributed by atoms with van der Waals surface area (Å²) in [5, 5.41) is 2.82. The average molecular weight is 365 g/mol. The molecule has 3 rings (SSSR count). The Balaban J connectivity index is 1.44. The molecule has 0 atom stereocenters. The fraction of sp³-hybridized carbons (Fsp3) is 0.412. The molecule has 0 spiro atoms. The van der Waals surface area contributed by atoms with Gasteiger partial charge in [0.15, 0.2) is 18.0 Å². The predicted octanol–water partition coefficient (Wildman–Crippen LogP) is -0.925. The van der Waals surface area contributed by atoms with Gasteiger partial charge in [0.2, 0.25) is 0 Å². The molecule has 2 heterocycles. The minimum absolute atomic E-state index is 0.0321. The van der Waals surface area contributed by atoms with Crippen molar-refractivity contribution in [3.8, 4) is 0 Å². The van der Waals surface area contributed by atoms with Crippen LogP contribution < -0.4 is 15.1 Å². The number of amides is 1. The number of halogens is 1. The third-order valence-corrected chi connectivity index (χ3v) is 5.14. The van der Waals surface area contributed by atoms with Crippen LogP contribution in [0, 0.1) is 10.6 Å². The number of carbonyl (C=O) groups is 1. The number of hydrogen-bond acceptors (Lipinski definition) is 2. The van der Waals surface area contributed by atoms with Gasteiger partial charge in [0.1, 0.15) is 32.0 Å². The lowest BCUT2D eigenvalue weighted by Gasteiger charge is -2.29. The third-order valence-electron chi connectivity index (χ3n) is 4.61. The van der Waals surface area contributed by atoms with Gasteiger partial charge in [-0.15, -0.1) is 0 Å². The Morgan fingerprint density at radius 2 is 1.80 bits per heavy atom. The molecule has 1 aromatic carbocycles. The molecule has 8 heteroatoms. The van der Waals surface area contributed by atoms with Crippen molar-refractivity contribution in [2.75, 3.05) is 38.0 Å². The van der Waals surface area contributed by atoms with Crippen LogP contribution in [-0.4, -0.2) is 47.8 Å². The zero-order valence-corrected chi connectivity index (χ0v) is 15.1. The molecule has 1 aliphatic heterocycles. The third kappa shape index (κ3) is 4.75. The zero-order valence-electron chi connectivity index (χ0n) is 14.3. The number of piperazine rings is 1. The molecule has 25 heavy (non-hydrogen) atoms. The number of nitrogens with one attached hydrogen (secondary N) is 3. The summed E-state index contributed by atoms with van der Waals surface area (Å²) < 4.78 is 17.8. The maximum absolute atomic E-state index is 12.9. The van der Waals surface area contributed by atoms with Gasteiger partial charge in [0, 0.05) is 25.1 Å². The van der Waals surface area contributed by atoms with Gasteiger partial charge in [-0.1, -0.05) is 0 Å². The van der Waals surface area contributed by atoms with Crippen LogP contribution in [0.2, 0.25) is 0 Å². The fourth-order valence-electron chi connectivity index (χ4n) is 3.13. The first-order valence-corrected chi connectivity index (χ1v) is 8.86. The van der Waals surface area contributed by atoms with Crippen LogP contribution in [-0.2, 0) is 18.5 Å². The molecule has 0 saturated carbocycles. The van der Waals surface area contributed by atoms with E-state index in [0.717, 1.165) is 37.6 Å². The first kappa shape index (κ1) is 17.8. The molecular weight excluding hydrogens is 341 g/mol.